The van der Waals surface area contributed by atoms with Gasteiger partial charge in [0.1, 0.15) is 11.5 Å². The van der Waals surface area contributed by atoms with E-state index in [1.807, 2.05) is 12.1 Å². The van der Waals surface area contributed by atoms with E-state index in [0.29, 0.717) is 32.7 Å². The number of hydrogen-bond acceptors (Lipinski definition) is 4. The Morgan fingerprint density at radius 3 is 2.58 bits per heavy atom. The summed E-state index contributed by atoms with van der Waals surface area (Å²) in [4.78, 5) is 16.1. The fourth-order valence-corrected chi connectivity index (χ4v) is 2.71. The summed E-state index contributed by atoms with van der Waals surface area (Å²) in [7, 11) is 0. The van der Waals surface area contributed by atoms with Crippen LogP contribution in [0.3, 0.4) is 0 Å². The first kappa shape index (κ1) is 18.1. The summed E-state index contributed by atoms with van der Waals surface area (Å²) in [6.07, 6.45) is -3.15. The number of rotatable bonds is 4. The van der Waals surface area contributed by atoms with Crippen molar-refractivity contribution >= 4 is 11.7 Å². The number of benzene rings is 1. The predicted octanol–water partition coefficient (Wildman–Crippen LogP) is 3.53. The van der Waals surface area contributed by atoms with Crippen molar-refractivity contribution in [3.8, 4) is 5.75 Å². The highest BCUT2D eigenvalue weighted by Crippen LogP contribution is 2.25. The zero-order chi connectivity index (χ0) is 18.6. The molecule has 140 valence electrons. The van der Waals surface area contributed by atoms with Gasteiger partial charge in [-0.1, -0.05) is 6.07 Å². The van der Waals surface area contributed by atoms with Crippen LogP contribution in [0.25, 0.3) is 0 Å². The number of alkyl halides is 3. The number of amides is 2. The number of urea groups is 1. The molecule has 1 fully saturated rings. The highest BCUT2D eigenvalue weighted by atomic mass is 19.4. The second-order valence-corrected chi connectivity index (χ2v) is 5.85. The third-order valence-electron chi connectivity index (χ3n) is 3.94. The number of nitrogens with zero attached hydrogens (tertiary/aromatic N) is 2. The van der Waals surface area contributed by atoms with Crippen LogP contribution < -0.4 is 10.1 Å². The molecule has 2 heterocycles. The van der Waals surface area contributed by atoms with Crippen LogP contribution in [-0.4, -0.2) is 48.4 Å². The summed E-state index contributed by atoms with van der Waals surface area (Å²) < 4.78 is 46.0. The molecule has 9 heteroatoms. The van der Waals surface area contributed by atoms with Crippen molar-refractivity contribution < 1.29 is 27.1 Å². The minimum atomic E-state index is -4.77. The van der Waals surface area contributed by atoms with E-state index in [2.05, 4.69) is 15.0 Å². The molecule has 0 aliphatic carbocycles. The molecule has 1 N–H and O–H groups in total. The summed E-state index contributed by atoms with van der Waals surface area (Å²) in [5.41, 5.74) is 0.245. The van der Waals surface area contributed by atoms with Gasteiger partial charge in [0.25, 0.3) is 0 Å². The van der Waals surface area contributed by atoms with Crippen LogP contribution in [0.2, 0.25) is 0 Å². The summed E-state index contributed by atoms with van der Waals surface area (Å²) in [6, 6.07) is 8.58. The van der Waals surface area contributed by atoms with Crippen molar-refractivity contribution in [2.24, 2.45) is 0 Å². The molecule has 0 saturated carbocycles. The van der Waals surface area contributed by atoms with Gasteiger partial charge in [-0.3, -0.25) is 4.90 Å². The molecule has 3 rings (SSSR count). The molecule has 1 aromatic heterocycles. The lowest BCUT2D eigenvalue weighted by molar-refractivity contribution is -0.274. The molecular weight excluding hydrogens is 351 g/mol. The number of halogens is 3. The van der Waals surface area contributed by atoms with E-state index < -0.39 is 6.36 Å². The Kier molecular flexibility index (Phi) is 5.36. The van der Waals surface area contributed by atoms with Gasteiger partial charge in [0, 0.05) is 37.9 Å². The smallest absolute Gasteiger partial charge is 0.468 e. The van der Waals surface area contributed by atoms with E-state index in [1.54, 1.807) is 11.2 Å². The maximum absolute atomic E-state index is 12.3. The molecule has 2 aromatic rings. The number of carbonyl (C=O) groups excluding carboxylic acids is 1. The van der Waals surface area contributed by atoms with Crippen molar-refractivity contribution in [1.82, 2.24) is 9.80 Å². The van der Waals surface area contributed by atoms with Gasteiger partial charge in [-0.05, 0) is 24.3 Å². The molecule has 26 heavy (non-hydrogen) atoms. The molecule has 1 aliphatic heterocycles. The van der Waals surface area contributed by atoms with E-state index in [-0.39, 0.29) is 17.5 Å². The molecule has 0 unspecified atom stereocenters. The van der Waals surface area contributed by atoms with Crippen molar-refractivity contribution in [3.05, 3.63) is 48.4 Å². The summed E-state index contributed by atoms with van der Waals surface area (Å²) in [5, 5.41) is 2.60. The lowest BCUT2D eigenvalue weighted by Gasteiger charge is -2.34. The molecule has 0 bridgehead atoms. The van der Waals surface area contributed by atoms with Crippen LogP contribution >= 0.6 is 0 Å². The Labute approximate surface area is 148 Å². The maximum Gasteiger partial charge on any atom is 0.573 e. The van der Waals surface area contributed by atoms with Crippen molar-refractivity contribution in [1.29, 1.82) is 0 Å². The second kappa shape index (κ2) is 7.69. The average molecular weight is 369 g/mol. The molecule has 1 aromatic carbocycles. The van der Waals surface area contributed by atoms with Crippen LogP contribution in [0.1, 0.15) is 5.76 Å². The standard InChI is InChI=1S/C17H18F3N3O3/c18-17(19,20)26-14-4-1-3-13(11-14)21-16(24)23-8-6-22(7-9-23)12-15-5-2-10-25-15/h1-5,10-11H,6-9,12H2,(H,21,24). The minimum absolute atomic E-state index is 0.245. The van der Waals surface area contributed by atoms with Gasteiger partial charge in [0.05, 0.1) is 12.8 Å². The summed E-state index contributed by atoms with van der Waals surface area (Å²) >= 11 is 0. The first-order valence-electron chi connectivity index (χ1n) is 8.05. The lowest BCUT2D eigenvalue weighted by atomic mass is 10.3. The van der Waals surface area contributed by atoms with Crippen molar-refractivity contribution in [2.75, 3.05) is 31.5 Å². The van der Waals surface area contributed by atoms with Crippen LogP contribution in [0.5, 0.6) is 5.75 Å². The largest absolute Gasteiger partial charge is 0.573 e. The van der Waals surface area contributed by atoms with Crippen LogP contribution in [0.4, 0.5) is 23.7 Å². The molecule has 6 nitrogen and oxygen atoms in total. The zero-order valence-corrected chi connectivity index (χ0v) is 13.8. The fourth-order valence-electron chi connectivity index (χ4n) is 2.71. The van der Waals surface area contributed by atoms with Gasteiger partial charge in [-0.15, -0.1) is 13.2 Å². The van der Waals surface area contributed by atoms with Crippen LogP contribution in [0, 0.1) is 0 Å². The summed E-state index contributed by atoms with van der Waals surface area (Å²) in [6.45, 7) is 3.09. The van der Waals surface area contributed by atoms with Crippen molar-refractivity contribution in [3.63, 3.8) is 0 Å². The zero-order valence-electron chi connectivity index (χ0n) is 13.8. The van der Waals surface area contributed by atoms with Gasteiger partial charge in [0.2, 0.25) is 0 Å². The number of ether oxygens (including phenoxy) is 1. The number of anilines is 1. The molecular formula is C17H18F3N3O3. The Morgan fingerprint density at radius 2 is 1.92 bits per heavy atom. The highest BCUT2D eigenvalue weighted by Gasteiger charge is 2.31. The quantitative estimate of drug-likeness (QED) is 0.896. The number of carbonyl (C=O) groups is 1. The first-order valence-corrected chi connectivity index (χ1v) is 8.05. The van der Waals surface area contributed by atoms with Gasteiger partial charge < -0.3 is 19.4 Å². The average Bonchev–Trinajstić information content (AvgIpc) is 3.07. The van der Waals surface area contributed by atoms with Crippen LogP contribution in [-0.2, 0) is 6.54 Å². The second-order valence-electron chi connectivity index (χ2n) is 5.85. The first-order chi connectivity index (χ1) is 12.4. The highest BCUT2D eigenvalue weighted by molar-refractivity contribution is 5.89. The van der Waals surface area contributed by atoms with E-state index in [9.17, 15) is 18.0 Å². The van der Waals surface area contributed by atoms with Gasteiger partial charge in [-0.2, -0.15) is 0 Å². The number of hydrogen-bond donors (Lipinski definition) is 1. The monoisotopic (exact) mass is 369 g/mol. The van der Waals surface area contributed by atoms with E-state index in [0.717, 1.165) is 11.8 Å². The lowest BCUT2D eigenvalue weighted by Crippen LogP contribution is -2.49. The Balaban J connectivity index is 1.50. The van der Waals surface area contributed by atoms with E-state index in [1.165, 1.54) is 18.2 Å². The molecule has 0 radical (unpaired) electrons. The Morgan fingerprint density at radius 1 is 1.15 bits per heavy atom. The van der Waals surface area contributed by atoms with Gasteiger partial charge in [0.15, 0.2) is 0 Å². The normalized spacial score (nSPS) is 15.7. The Bertz CT molecular complexity index is 726. The van der Waals surface area contributed by atoms with Crippen molar-refractivity contribution in [2.45, 2.75) is 12.9 Å². The minimum Gasteiger partial charge on any atom is -0.468 e. The number of nitrogens with one attached hydrogen (secondary N) is 1. The number of furan rings is 1. The number of piperazine rings is 1. The van der Waals surface area contributed by atoms with E-state index in [4.69, 9.17) is 4.42 Å². The fraction of sp³-hybridized carbons (Fsp3) is 0.353. The SMILES string of the molecule is O=C(Nc1cccc(OC(F)(F)F)c1)N1CCN(Cc2ccco2)CC1. The topological polar surface area (TPSA) is 58.0 Å². The third kappa shape index (κ3) is 5.16. The van der Waals surface area contributed by atoms with Gasteiger partial charge >= 0.3 is 12.4 Å². The molecule has 0 spiro atoms. The third-order valence-corrected chi connectivity index (χ3v) is 3.94. The molecule has 1 aliphatic rings. The molecule has 1 saturated heterocycles. The molecule has 0 atom stereocenters. The van der Waals surface area contributed by atoms with Crippen LogP contribution in [0.15, 0.2) is 47.1 Å². The summed E-state index contributed by atoms with van der Waals surface area (Å²) in [5.74, 6) is 0.489. The predicted molar refractivity (Wildman–Crippen MR) is 87.7 cm³/mol. The molecule has 2 amide bonds. The Hall–Kier alpha value is -2.68. The maximum atomic E-state index is 12.3. The van der Waals surface area contributed by atoms with Gasteiger partial charge in [-0.25, -0.2) is 4.79 Å². The van der Waals surface area contributed by atoms with E-state index >= 15 is 0 Å².